The maximum atomic E-state index is 4.48. The fraction of sp³-hybridized carbons (Fsp3) is 0.417. The minimum atomic E-state index is -1.35. The van der Waals surface area contributed by atoms with E-state index >= 15 is 0 Å². The molecule has 1 aliphatic carbocycles. The van der Waals surface area contributed by atoms with Gasteiger partial charge in [0.15, 0.2) is 0 Å². The summed E-state index contributed by atoms with van der Waals surface area (Å²) in [5.41, 5.74) is 3.12. The average Bonchev–Trinajstić information content (AvgIpc) is 2.80. The Morgan fingerprint density at radius 1 is 0.846 bits per heavy atom. The highest BCUT2D eigenvalue weighted by Crippen LogP contribution is 2.37. The molecule has 2 rings (SSSR count). The van der Waals surface area contributed by atoms with Crippen molar-refractivity contribution in [3.8, 4) is 0 Å². The van der Waals surface area contributed by atoms with Crippen LogP contribution in [0.1, 0.15) is 19.3 Å². The van der Waals surface area contributed by atoms with Crippen LogP contribution in [0.15, 0.2) is 60.5 Å². The highest BCUT2D eigenvalue weighted by atomic mass is 28.3. The first kappa shape index (κ1) is 20.9. The van der Waals surface area contributed by atoms with E-state index in [0.717, 1.165) is 19.3 Å². The first-order valence-corrected chi connectivity index (χ1v) is 16.8. The molecule has 0 spiro atoms. The van der Waals surface area contributed by atoms with Gasteiger partial charge >= 0.3 is 0 Å². The summed E-state index contributed by atoms with van der Waals surface area (Å²) in [4.78, 5) is 0. The van der Waals surface area contributed by atoms with Gasteiger partial charge in [-0.3, -0.25) is 0 Å². The molecule has 1 aromatic carbocycles. The predicted molar refractivity (Wildman–Crippen MR) is 125 cm³/mol. The van der Waals surface area contributed by atoms with Gasteiger partial charge in [0.1, 0.15) is 0 Å². The first-order chi connectivity index (χ1) is 12.0. The molecule has 0 fully saturated rings. The van der Waals surface area contributed by atoms with E-state index in [4.69, 9.17) is 0 Å². The average molecular weight is 381 g/mol. The molecule has 1 aliphatic rings. The minimum absolute atomic E-state index is 0.464. The Labute approximate surface area is 162 Å². The topological polar surface area (TPSA) is 0 Å². The highest BCUT2D eigenvalue weighted by molar-refractivity contribution is 6.83. The first-order valence-electron chi connectivity index (χ1n) is 9.75. The molecule has 0 amide bonds. The van der Waals surface area contributed by atoms with E-state index in [2.05, 4.69) is 89.4 Å². The van der Waals surface area contributed by atoms with E-state index in [0.29, 0.717) is 5.92 Å². The van der Waals surface area contributed by atoms with Crippen LogP contribution < -0.4 is 10.4 Å². The summed E-state index contributed by atoms with van der Waals surface area (Å²) in [6, 6.07) is 8.97. The number of allylic oxidation sites excluding steroid dienone is 3. The van der Waals surface area contributed by atoms with Gasteiger partial charge in [0.25, 0.3) is 0 Å². The second-order valence-corrected chi connectivity index (χ2v) is 20.1. The Kier molecular flexibility index (Phi) is 6.19. The van der Waals surface area contributed by atoms with Crippen molar-refractivity contribution < 1.29 is 0 Å². The summed E-state index contributed by atoms with van der Waals surface area (Å²) in [5.74, 6) is 0.464. The van der Waals surface area contributed by atoms with Crippen LogP contribution in [0, 0.1) is 5.92 Å². The van der Waals surface area contributed by atoms with Crippen LogP contribution in [0.4, 0.5) is 0 Å². The molecular weight excluding hydrogens is 344 g/mol. The molecular formula is C24H36Si2. The summed E-state index contributed by atoms with van der Waals surface area (Å²) >= 11 is 0. The molecule has 0 unspecified atom stereocenters. The maximum absolute atomic E-state index is 4.48. The molecule has 0 saturated carbocycles. The fourth-order valence-electron chi connectivity index (χ4n) is 3.51. The molecule has 0 aliphatic heterocycles. The predicted octanol–water partition coefficient (Wildman–Crippen LogP) is 5.84. The normalized spacial score (nSPS) is 15.2. The third-order valence-corrected chi connectivity index (χ3v) is 10.4. The van der Waals surface area contributed by atoms with Crippen LogP contribution in [0.25, 0.3) is 11.1 Å². The number of hydrogen-bond donors (Lipinski definition) is 0. The lowest BCUT2D eigenvalue weighted by atomic mass is 9.87. The Morgan fingerprint density at radius 3 is 1.54 bits per heavy atom. The van der Waals surface area contributed by atoms with Crippen LogP contribution in [0.5, 0.6) is 0 Å². The van der Waals surface area contributed by atoms with Gasteiger partial charge in [-0.25, -0.2) is 0 Å². The zero-order valence-electron chi connectivity index (χ0n) is 17.7. The molecule has 26 heavy (non-hydrogen) atoms. The molecule has 1 aromatic rings. The van der Waals surface area contributed by atoms with Gasteiger partial charge in [-0.2, -0.15) is 0 Å². The SMILES string of the molecule is C=CCC1C(CC(=C)[Si](C)(C)C)=c2ccccc2=C1CC(=C)[Si](C)(C)C. The standard InChI is InChI=1S/C24H36Si2/c1-10-13-20-23(16-18(2)25(4,5)6)21-14-11-12-15-22(21)24(20)17-19(3)26(7,8)9/h10-12,14-15,20H,1-3,13,16-17H2,4-9H3. The van der Waals surface area contributed by atoms with E-state index in [1.165, 1.54) is 20.8 Å². The van der Waals surface area contributed by atoms with Crippen molar-refractivity contribution in [2.45, 2.75) is 58.5 Å². The Bertz CT molecular complexity index is 774. The van der Waals surface area contributed by atoms with Gasteiger partial charge < -0.3 is 0 Å². The van der Waals surface area contributed by atoms with Crippen molar-refractivity contribution in [2.75, 3.05) is 0 Å². The van der Waals surface area contributed by atoms with Crippen LogP contribution in [0.3, 0.4) is 0 Å². The lowest BCUT2D eigenvalue weighted by Crippen LogP contribution is -2.27. The van der Waals surface area contributed by atoms with Crippen molar-refractivity contribution in [2.24, 2.45) is 5.92 Å². The molecule has 0 radical (unpaired) electrons. The van der Waals surface area contributed by atoms with Crippen LogP contribution in [-0.4, -0.2) is 16.1 Å². The van der Waals surface area contributed by atoms with Gasteiger partial charge in [-0.15, -0.1) is 19.7 Å². The van der Waals surface area contributed by atoms with Gasteiger partial charge in [0, 0.05) is 5.92 Å². The maximum Gasteiger partial charge on any atom is 0.0720 e. The van der Waals surface area contributed by atoms with Crippen molar-refractivity contribution in [1.29, 1.82) is 0 Å². The molecule has 0 atom stereocenters. The molecule has 0 N–H and O–H groups in total. The largest absolute Gasteiger partial charge is 0.103 e. The summed E-state index contributed by atoms with van der Waals surface area (Å²) in [6.07, 6.45) is 5.17. The zero-order chi connectivity index (χ0) is 19.7. The summed E-state index contributed by atoms with van der Waals surface area (Å²) in [7, 11) is -2.69. The van der Waals surface area contributed by atoms with E-state index in [1.54, 1.807) is 11.1 Å². The van der Waals surface area contributed by atoms with Gasteiger partial charge in [-0.1, -0.05) is 91.2 Å². The quantitative estimate of drug-likeness (QED) is 0.392. The molecule has 0 heterocycles. The van der Waals surface area contributed by atoms with Gasteiger partial charge in [0.05, 0.1) is 16.1 Å². The molecule has 0 nitrogen and oxygen atoms in total. The fourth-order valence-corrected chi connectivity index (χ4v) is 4.95. The van der Waals surface area contributed by atoms with Crippen molar-refractivity contribution in [3.63, 3.8) is 0 Å². The van der Waals surface area contributed by atoms with Crippen molar-refractivity contribution in [1.82, 2.24) is 0 Å². The number of benzene rings is 1. The Morgan fingerprint density at radius 2 is 1.23 bits per heavy atom. The van der Waals surface area contributed by atoms with E-state index in [-0.39, 0.29) is 0 Å². The molecule has 140 valence electrons. The van der Waals surface area contributed by atoms with Gasteiger partial charge in [-0.05, 0) is 29.7 Å². The van der Waals surface area contributed by atoms with Crippen LogP contribution in [0.2, 0.25) is 39.3 Å². The third kappa shape index (κ3) is 4.47. The summed E-state index contributed by atoms with van der Waals surface area (Å²) in [5, 5.41) is 5.78. The lowest BCUT2D eigenvalue weighted by molar-refractivity contribution is 0.835. The monoisotopic (exact) mass is 380 g/mol. The lowest BCUT2D eigenvalue weighted by Gasteiger charge is -2.27. The molecule has 0 bridgehead atoms. The molecule has 0 aromatic heterocycles. The highest BCUT2D eigenvalue weighted by Gasteiger charge is 2.30. The number of fused-ring (bicyclic) bond motifs is 1. The summed E-state index contributed by atoms with van der Waals surface area (Å²) < 4.78 is 0. The molecule has 2 heteroatoms. The number of rotatable bonds is 8. The van der Waals surface area contributed by atoms with E-state index < -0.39 is 16.1 Å². The smallest absolute Gasteiger partial charge is 0.0720 e. The van der Waals surface area contributed by atoms with Crippen LogP contribution >= 0.6 is 0 Å². The Hall–Kier alpha value is -1.39. The third-order valence-electron chi connectivity index (χ3n) is 5.79. The zero-order valence-corrected chi connectivity index (χ0v) is 19.7. The second-order valence-electron chi connectivity index (χ2n) is 9.73. The van der Waals surface area contributed by atoms with Gasteiger partial charge in [0.2, 0.25) is 0 Å². The second kappa shape index (κ2) is 7.70. The minimum Gasteiger partial charge on any atom is -0.103 e. The molecule has 0 saturated heterocycles. The van der Waals surface area contributed by atoms with E-state index in [1.807, 2.05) is 0 Å². The van der Waals surface area contributed by atoms with E-state index in [9.17, 15) is 0 Å². The number of hydrogen-bond acceptors (Lipinski definition) is 0. The van der Waals surface area contributed by atoms with Crippen molar-refractivity contribution >= 4 is 27.3 Å². The Balaban J connectivity index is 2.58. The summed E-state index contributed by atoms with van der Waals surface area (Å²) in [6.45, 7) is 27.4. The van der Waals surface area contributed by atoms with Crippen LogP contribution in [-0.2, 0) is 0 Å². The van der Waals surface area contributed by atoms with Crippen molar-refractivity contribution in [3.05, 3.63) is 70.9 Å².